The average Bonchev–Trinajstić information content (AvgIpc) is 2.23. The maximum absolute atomic E-state index is 11.8. The lowest BCUT2D eigenvalue weighted by Gasteiger charge is -2.12. The first-order chi connectivity index (χ1) is 7.93. The Morgan fingerprint density at radius 1 is 1.24 bits per heavy atom. The first-order valence-electron chi connectivity index (χ1n) is 4.49. The van der Waals surface area contributed by atoms with Crippen LogP contribution >= 0.6 is 87.7 Å². The highest BCUT2D eigenvalue weighted by Gasteiger charge is 2.14. The van der Waals surface area contributed by atoms with Crippen LogP contribution in [0.3, 0.4) is 0 Å². The molecule has 0 fully saturated rings. The van der Waals surface area contributed by atoms with Gasteiger partial charge in [-0.2, -0.15) is 0 Å². The Balaban J connectivity index is 2.78. The molecule has 0 aliphatic heterocycles. The summed E-state index contributed by atoms with van der Waals surface area (Å²) in [5.41, 5.74) is 0. The number of hydrogen-bond acceptors (Lipinski definition) is 2. The summed E-state index contributed by atoms with van der Waals surface area (Å²) >= 11 is 16.9. The van der Waals surface area contributed by atoms with Crippen molar-refractivity contribution < 1.29 is 9.09 Å². The second-order valence-electron chi connectivity index (χ2n) is 3.13. The monoisotopic (exact) mass is 574 g/mol. The van der Waals surface area contributed by atoms with Gasteiger partial charge < -0.3 is 4.52 Å². The molecule has 8 heteroatoms. The topological polar surface area (TPSA) is 26.3 Å². The molecular formula is C9H8Br5O2P. The molecule has 0 spiro atoms. The molecule has 1 aromatic rings. The lowest BCUT2D eigenvalue weighted by molar-refractivity contribution is 0.502. The molecular weight excluding hydrogens is 571 g/mol. The van der Waals surface area contributed by atoms with Crippen LogP contribution in [-0.2, 0) is 4.57 Å². The maximum atomic E-state index is 11.8. The van der Waals surface area contributed by atoms with Crippen molar-refractivity contribution in [3.63, 3.8) is 0 Å². The molecule has 96 valence electrons. The maximum Gasteiger partial charge on any atom is 0.238 e. The molecule has 0 radical (unpaired) electrons. The average molecular weight is 579 g/mol. The molecule has 2 nitrogen and oxygen atoms in total. The zero-order chi connectivity index (χ0) is 13.0. The van der Waals surface area contributed by atoms with Gasteiger partial charge in [0.2, 0.25) is 8.03 Å². The summed E-state index contributed by atoms with van der Waals surface area (Å²) in [5.74, 6) is 0.575. The summed E-state index contributed by atoms with van der Waals surface area (Å²) in [5, 5.41) is 0.745. The third-order valence-corrected chi connectivity index (χ3v) is 7.52. The van der Waals surface area contributed by atoms with Crippen LogP contribution in [-0.4, -0.2) is 16.3 Å². The molecule has 1 rings (SSSR count). The van der Waals surface area contributed by atoms with Gasteiger partial charge in [-0.15, -0.1) is 0 Å². The van der Waals surface area contributed by atoms with E-state index < -0.39 is 8.03 Å². The van der Waals surface area contributed by atoms with Crippen molar-refractivity contribution in [2.75, 3.05) is 11.5 Å². The van der Waals surface area contributed by atoms with Crippen LogP contribution in [0.2, 0.25) is 0 Å². The van der Waals surface area contributed by atoms with Gasteiger partial charge in [0, 0.05) is 20.8 Å². The predicted octanol–water partition coefficient (Wildman–Crippen LogP) is 5.99. The molecule has 0 amide bonds. The van der Waals surface area contributed by atoms with Gasteiger partial charge in [-0.1, -0.05) is 47.8 Å². The van der Waals surface area contributed by atoms with Crippen LogP contribution in [0.4, 0.5) is 0 Å². The van der Waals surface area contributed by atoms with Gasteiger partial charge in [-0.3, -0.25) is 4.57 Å². The Labute approximate surface area is 143 Å². The molecule has 0 saturated carbocycles. The van der Waals surface area contributed by atoms with Crippen molar-refractivity contribution in [2.24, 2.45) is 0 Å². The second-order valence-corrected chi connectivity index (χ2v) is 9.05. The largest absolute Gasteiger partial charge is 0.442 e. The number of hydrogen-bond donors (Lipinski definition) is 0. The zero-order valence-corrected chi connectivity index (χ0v) is 17.3. The predicted molar refractivity (Wildman–Crippen MR) is 90.5 cm³/mol. The van der Waals surface area contributed by atoms with Crippen LogP contribution in [0.25, 0.3) is 0 Å². The summed E-state index contributed by atoms with van der Waals surface area (Å²) in [7, 11) is -2.11. The van der Waals surface area contributed by atoms with Crippen LogP contribution in [0.15, 0.2) is 25.6 Å². The van der Waals surface area contributed by atoms with Gasteiger partial charge in [-0.05, 0) is 44.0 Å². The number of benzene rings is 1. The third-order valence-electron chi connectivity index (χ3n) is 1.73. The Bertz CT molecular complexity index is 403. The molecule has 0 bridgehead atoms. The van der Waals surface area contributed by atoms with Crippen molar-refractivity contribution in [1.82, 2.24) is 0 Å². The van der Waals surface area contributed by atoms with Crippen LogP contribution in [0.1, 0.15) is 0 Å². The Kier molecular flexibility index (Phi) is 7.91. The molecule has 0 saturated heterocycles. The van der Waals surface area contributed by atoms with Gasteiger partial charge in [0.1, 0.15) is 0 Å². The van der Waals surface area contributed by atoms with E-state index in [9.17, 15) is 4.57 Å². The molecule has 1 aromatic carbocycles. The lowest BCUT2D eigenvalue weighted by atomic mass is 10.3. The smallest absolute Gasteiger partial charge is 0.238 e. The minimum atomic E-state index is -2.11. The third kappa shape index (κ3) is 5.65. The zero-order valence-electron chi connectivity index (χ0n) is 8.35. The van der Waals surface area contributed by atoms with E-state index in [-0.39, 0.29) is 4.83 Å². The Morgan fingerprint density at radius 2 is 1.76 bits per heavy atom. The number of alkyl halides is 2. The highest BCUT2D eigenvalue weighted by atomic mass is 79.9. The van der Waals surface area contributed by atoms with Crippen molar-refractivity contribution >= 4 is 87.7 Å². The lowest BCUT2D eigenvalue weighted by Crippen LogP contribution is -2.04. The van der Waals surface area contributed by atoms with Crippen LogP contribution in [0.5, 0.6) is 5.75 Å². The SMILES string of the molecule is O=[PH](CC(Br)CBr)Oc1c(Br)cc(Br)cc1Br. The summed E-state index contributed by atoms with van der Waals surface area (Å²) in [6.07, 6.45) is 0.491. The van der Waals surface area contributed by atoms with Crippen LogP contribution in [0, 0.1) is 0 Å². The first-order valence-corrected chi connectivity index (χ1v) is 10.4. The summed E-state index contributed by atoms with van der Waals surface area (Å²) < 4.78 is 19.8. The van der Waals surface area contributed by atoms with Crippen molar-refractivity contribution in [3.05, 3.63) is 25.6 Å². The molecule has 0 aromatic heterocycles. The minimum Gasteiger partial charge on any atom is -0.442 e. The van der Waals surface area contributed by atoms with E-state index >= 15 is 0 Å². The van der Waals surface area contributed by atoms with Gasteiger partial charge in [-0.25, -0.2) is 0 Å². The summed E-state index contributed by atoms with van der Waals surface area (Å²) in [6, 6.07) is 3.71. The quantitative estimate of drug-likeness (QED) is 0.317. The molecule has 0 aliphatic carbocycles. The van der Waals surface area contributed by atoms with E-state index in [1.54, 1.807) is 0 Å². The Morgan fingerprint density at radius 3 is 2.24 bits per heavy atom. The van der Waals surface area contributed by atoms with E-state index in [2.05, 4.69) is 79.6 Å². The van der Waals surface area contributed by atoms with Gasteiger partial charge >= 0.3 is 0 Å². The van der Waals surface area contributed by atoms with E-state index in [0.29, 0.717) is 11.9 Å². The van der Waals surface area contributed by atoms with Gasteiger partial charge in [0.05, 0.1) is 8.95 Å². The molecule has 0 heterocycles. The van der Waals surface area contributed by atoms with E-state index in [0.717, 1.165) is 18.7 Å². The summed E-state index contributed by atoms with van der Waals surface area (Å²) in [6.45, 7) is 0. The number of rotatable bonds is 5. The highest BCUT2D eigenvalue weighted by Crippen LogP contribution is 2.41. The van der Waals surface area contributed by atoms with Crippen LogP contribution < -0.4 is 4.52 Å². The normalized spacial score (nSPS) is 14.4. The fraction of sp³-hybridized carbons (Fsp3) is 0.333. The van der Waals surface area contributed by atoms with Crippen molar-refractivity contribution in [2.45, 2.75) is 4.83 Å². The standard InChI is InChI=1S/C9H8Br5O2P/c10-3-6(12)4-17(15)16-9-7(13)1-5(11)2-8(9)14/h1-2,6,17H,3-4H2. The Hall–Kier alpha value is 1.65. The molecule has 2 atom stereocenters. The fourth-order valence-corrected chi connectivity index (χ4v) is 6.22. The van der Waals surface area contributed by atoms with E-state index in [1.165, 1.54) is 0 Å². The second kappa shape index (κ2) is 8.05. The molecule has 0 N–H and O–H groups in total. The van der Waals surface area contributed by atoms with Crippen molar-refractivity contribution in [3.8, 4) is 5.75 Å². The molecule has 17 heavy (non-hydrogen) atoms. The summed E-state index contributed by atoms with van der Waals surface area (Å²) in [4.78, 5) is 0.155. The van der Waals surface area contributed by atoms with Crippen molar-refractivity contribution in [1.29, 1.82) is 0 Å². The van der Waals surface area contributed by atoms with E-state index in [1.807, 2.05) is 12.1 Å². The highest BCUT2D eigenvalue weighted by molar-refractivity contribution is 9.12. The van der Waals surface area contributed by atoms with E-state index in [4.69, 9.17) is 4.52 Å². The number of halogens is 5. The molecule has 2 unspecified atom stereocenters. The van der Waals surface area contributed by atoms with Gasteiger partial charge in [0.15, 0.2) is 5.75 Å². The first kappa shape index (κ1) is 16.7. The molecule has 0 aliphatic rings. The van der Waals surface area contributed by atoms with Gasteiger partial charge in [0.25, 0.3) is 0 Å². The fourth-order valence-electron chi connectivity index (χ4n) is 1.02. The minimum absolute atomic E-state index is 0.155.